The molecular formula is C14H16N2OS. The topological polar surface area (TPSA) is 23.6 Å². The van der Waals surface area contributed by atoms with Gasteiger partial charge in [0.25, 0.3) is 0 Å². The van der Waals surface area contributed by atoms with Crippen molar-refractivity contribution in [3.63, 3.8) is 0 Å². The molecule has 0 bridgehead atoms. The minimum Gasteiger partial charge on any atom is -0.369 e. The van der Waals surface area contributed by atoms with Crippen LogP contribution in [0.25, 0.3) is 10.1 Å². The summed E-state index contributed by atoms with van der Waals surface area (Å²) in [5.74, 6) is 0. The van der Waals surface area contributed by atoms with Crippen LogP contribution in [0.15, 0.2) is 23.6 Å². The van der Waals surface area contributed by atoms with E-state index in [-0.39, 0.29) is 0 Å². The lowest BCUT2D eigenvalue weighted by molar-refractivity contribution is 0.112. The molecule has 0 unspecified atom stereocenters. The molecule has 0 saturated carbocycles. The minimum atomic E-state index is 0.811. The lowest BCUT2D eigenvalue weighted by Gasteiger charge is -2.34. The third-order valence-electron chi connectivity index (χ3n) is 3.58. The van der Waals surface area contributed by atoms with E-state index >= 15 is 0 Å². The molecule has 1 aromatic heterocycles. The maximum Gasteiger partial charge on any atom is 0.151 e. The molecule has 1 saturated heterocycles. The first-order valence-electron chi connectivity index (χ1n) is 6.18. The van der Waals surface area contributed by atoms with E-state index in [9.17, 15) is 4.79 Å². The number of benzene rings is 1. The van der Waals surface area contributed by atoms with E-state index < -0.39 is 0 Å². The number of anilines is 1. The smallest absolute Gasteiger partial charge is 0.151 e. The number of carbonyl (C=O) groups is 1. The van der Waals surface area contributed by atoms with Crippen LogP contribution in [0.5, 0.6) is 0 Å². The average molecular weight is 260 g/mol. The fourth-order valence-corrected chi connectivity index (χ4v) is 3.28. The Balaban J connectivity index is 1.94. The fraction of sp³-hybridized carbons (Fsp3) is 0.357. The Morgan fingerprint density at radius 3 is 2.72 bits per heavy atom. The zero-order valence-electron chi connectivity index (χ0n) is 10.4. The molecule has 1 aliphatic rings. The van der Waals surface area contributed by atoms with E-state index in [4.69, 9.17) is 0 Å². The SMILES string of the molecule is CN1CCN(c2ccc3scc(C=O)c3c2)CC1. The molecule has 1 aromatic carbocycles. The third-order valence-corrected chi connectivity index (χ3v) is 4.56. The molecule has 18 heavy (non-hydrogen) atoms. The highest BCUT2D eigenvalue weighted by Gasteiger charge is 2.15. The summed E-state index contributed by atoms with van der Waals surface area (Å²) >= 11 is 1.64. The van der Waals surface area contributed by atoms with Crippen LogP contribution in [0.2, 0.25) is 0 Å². The number of rotatable bonds is 2. The Labute approximate surface area is 111 Å². The van der Waals surface area contributed by atoms with E-state index in [0.29, 0.717) is 0 Å². The molecule has 0 N–H and O–H groups in total. The summed E-state index contributed by atoms with van der Waals surface area (Å²) in [5.41, 5.74) is 2.04. The van der Waals surface area contributed by atoms with Crippen LogP contribution < -0.4 is 4.90 Å². The van der Waals surface area contributed by atoms with Gasteiger partial charge in [-0.1, -0.05) is 0 Å². The first-order chi connectivity index (χ1) is 8.78. The molecule has 3 nitrogen and oxygen atoms in total. The van der Waals surface area contributed by atoms with Crippen molar-refractivity contribution >= 4 is 33.4 Å². The summed E-state index contributed by atoms with van der Waals surface area (Å²) in [5, 5.41) is 3.03. The van der Waals surface area contributed by atoms with Gasteiger partial charge >= 0.3 is 0 Å². The van der Waals surface area contributed by atoms with Crippen molar-refractivity contribution in [1.29, 1.82) is 0 Å². The van der Waals surface area contributed by atoms with Crippen LogP contribution in [0.3, 0.4) is 0 Å². The van der Waals surface area contributed by atoms with Crippen LogP contribution in [-0.4, -0.2) is 44.4 Å². The number of carbonyl (C=O) groups excluding carboxylic acids is 1. The van der Waals surface area contributed by atoms with Gasteiger partial charge < -0.3 is 9.80 Å². The first-order valence-corrected chi connectivity index (χ1v) is 7.06. The zero-order valence-corrected chi connectivity index (χ0v) is 11.2. The van der Waals surface area contributed by atoms with Gasteiger partial charge in [0.15, 0.2) is 6.29 Å². The quantitative estimate of drug-likeness (QED) is 0.775. The van der Waals surface area contributed by atoms with Crippen LogP contribution in [0.1, 0.15) is 10.4 Å². The van der Waals surface area contributed by atoms with Crippen molar-refractivity contribution in [2.75, 3.05) is 38.1 Å². The van der Waals surface area contributed by atoms with E-state index in [1.54, 1.807) is 11.3 Å². The van der Waals surface area contributed by atoms with Crippen LogP contribution in [0, 0.1) is 0 Å². The van der Waals surface area contributed by atoms with E-state index in [1.807, 2.05) is 5.38 Å². The summed E-state index contributed by atoms with van der Waals surface area (Å²) in [6, 6.07) is 6.44. The number of nitrogens with zero attached hydrogens (tertiary/aromatic N) is 2. The van der Waals surface area contributed by atoms with E-state index in [1.165, 1.54) is 10.4 Å². The monoisotopic (exact) mass is 260 g/mol. The predicted molar refractivity (Wildman–Crippen MR) is 76.9 cm³/mol. The molecule has 1 aliphatic heterocycles. The number of aldehydes is 1. The molecule has 3 rings (SSSR count). The van der Waals surface area contributed by atoms with Crippen molar-refractivity contribution in [2.24, 2.45) is 0 Å². The molecule has 2 heterocycles. The summed E-state index contributed by atoms with van der Waals surface area (Å²) in [6.45, 7) is 4.32. The Kier molecular flexibility index (Phi) is 3.06. The molecule has 94 valence electrons. The van der Waals surface area contributed by atoms with Crippen molar-refractivity contribution in [1.82, 2.24) is 4.90 Å². The van der Waals surface area contributed by atoms with Crippen molar-refractivity contribution < 1.29 is 4.79 Å². The second-order valence-electron chi connectivity index (χ2n) is 4.78. The molecule has 4 heteroatoms. The molecule has 0 atom stereocenters. The average Bonchev–Trinajstić information content (AvgIpc) is 2.81. The number of hydrogen-bond acceptors (Lipinski definition) is 4. The van der Waals surface area contributed by atoms with Gasteiger partial charge in [-0.15, -0.1) is 11.3 Å². The first kappa shape index (κ1) is 11.7. The number of thiophene rings is 1. The number of likely N-dealkylation sites (N-methyl/N-ethyl adjacent to an activating group) is 1. The molecule has 0 amide bonds. The lowest BCUT2D eigenvalue weighted by Crippen LogP contribution is -2.44. The maximum atomic E-state index is 11.0. The standard InChI is InChI=1S/C14H16N2OS/c1-15-4-6-16(7-5-15)12-2-3-14-13(8-12)11(9-17)10-18-14/h2-3,8-10H,4-7H2,1H3. The number of piperazine rings is 1. The van der Waals surface area contributed by atoms with Gasteiger partial charge in [-0.05, 0) is 25.2 Å². The van der Waals surface area contributed by atoms with Gasteiger partial charge in [0.1, 0.15) is 0 Å². The van der Waals surface area contributed by atoms with Crippen molar-refractivity contribution in [3.8, 4) is 0 Å². The summed E-state index contributed by atoms with van der Waals surface area (Å²) in [6.07, 6.45) is 0.951. The third kappa shape index (κ3) is 2.02. The summed E-state index contributed by atoms with van der Waals surface area (Å²) in [4.78, 5) is 15.7. The van der Waals surface area contributed by atoms with Gasteiger partial charge in [0.05, 0.1) is 0 Å². The number of fused-ring (bicyclic) bond motifs is 1. The Morgan fingerprint density at radius 1 is 1.22 bits per heavy atom. The molecule has 0 spiro atoms. The molecule has 0 radical (unpaired) electrons. The predicted octanol–water partition coefficient (Wildman–Crippen LogP) is 2.47. The Morgan fingerprint density at radius 2 is 2.00 bits per heavy atom. The maximum absolute atomic E-state index is 11.0. The second-order valence-corrected chi connectivity index (χ2v) is 5.69. The molecule has 1 fully saturated rings. The van der Waals surface area contributed by atoms with Crippen LogP contribution in [-0.2, 0) is 0 Å². The Hall–Kier alpha value is -1.39. The second kappa shape index (κ2) is 4.71. The van der Waals surface area contributed by atoms with Gasteiger partial charge in [-0.25, -0.2) is 0 Å². The van der Waals surface area contributed by atoms with Gasteiger partial charge in [0, 0.05) is 52.9 Å². The summed E-state index contributed by atoms with van der Waals surface area (Å²) < 4.78 is 1.19. The van der Waals surface area contributed by atoms with Gasteiger partial charge in [0.2, 0.25) is 0 Å². The minimum absolute atomic E-state index is 0.811. The zero-order chi connectivity index (χ0) is 12.5. The molecular weight excluding hydrogens is 244 g/mol. The fourth-order valence-electron chi connectivity index (χ4n) is 2.39. The van der Waals surface area contributed by atoms with Gasteiger partial charge in [-0.2, -0.15) is 0 Å². The van der Waals surface area contributed by atoms with E-state index in [2.05, 4.69) is 35.0 Å². The van der Waals surface area contributed by atoms with Crippen molar-refractivity contribution in [2.45, 2.75) is 0 Å². The normalized spacial score (nSPS) is 17.3. The van der Waals surface area contributed by atoms with E-state index in [0.717, 1.165) is 43.4 Å². The highest BCUT2D eigenvalue weighted by Crippen LogP contribution is 2.29. The Bertz CT molecular complexity index is 570. The molecule has 2 aromatic rings. The van der Waals surface area contributed by atoms with Crippen LogP contribution >= 0.6 is 11.3 Å². The largest absolute Gasteiger partial charge is 0.369 e. The van der Waals surface area contributed by atoms with Gasteiger partial charge in [-0.3, -0.25) is 4.79 Å². The highest BCUT2D eigenvalue weighted by atomic mass is 32.1. The highest BCUT2D eigenvalue weighted by molar-refractivity contribution is 7.17. The summed E-state index contributed by atoms with van der Waals surface area (Å²) in [7, 11) is 2.16. The van der Waals surface area contributed by atoms with Crippen LogP contribution in [0.4, 0.5) is 5.69 Å². The molecule has 0 aliphatic carbocycles. The lowest BCUT2D eigenvalue weighted by atomic mass is 10.1. The van der Waals surface area contributed by atoms with Crippen molar-refractivity contribution in [3.05, 3.63) is 29.1 Å². The number of hydrogen-bond donors (Lipinski definition) is 0.